The van der Waals surface area contributed by atoms with E-state index in [-0.39, 0.29) is 5.92 Å². The lowest BCUT2D eigenvalue weighted by molar-refractivity contribution is -0.142. The van der Waals surface area contributed by atoms with Gasteiger partial charge in [0.2, 0.25) is 0 Å². The van der Waals surface area contributed by atoms with Crippen LogP contribution in [0.3, 0.4) is 0 Å². The number of hydrogen-bond acceptors (Lipinski definition) is 1. The lowest BCUT2D eigenvalue weighted by Gasteiger charge is -2.12. The van der Waals surface area contributed by atoms with Crippen LogP contribution in [0.1, 0.15) is 245 Å². The highest BCUT2D eigenvalue weighted by Gasteiger charge is 2.16. The molecule has 0 saturated carbocycles. The van der Waals surface area contributed by atoms with Gasteiger partial charge in [-0.25, -0.2) is 0 Å². The van der Waals surface area contributed by atoms with E-state index in [0.29, 0.717) is 0 Å². The minimum atomic E-state index is -0.553. The summed E-state index contributed by atoms with van der Waals surface area (Å²) < 4.78 is 0. The number of hydrogen-bond donors (Lipinski definition) is 1. The van der Waals surface area contributed by atoms with E-state index in [0.717, 1.165) is 25.7 Å². The SMILES string of the molecule is CCCCCCCCCCCCCCCCCCCCC(CCCCCCCCCCCCCCCCCC)C(=O)O. The number of carboxylic acids is 1. The van der Waals surface area contributed by atoms with Crippen molar-refractivity contribution in [2.45, 2.75) is 245 Å². The second-order valence-electron chi connectivity index (χ2n) is 13.9. The van der Waals surface area contributed by atoms with E-state index in [1.165, 1.54) is 205 Å². The molecule has 0 aromatic carbocycles. The Labute approximate surface area is 266 Å². The smallest absolute Gasteiger partial charge is 0.306 e. The van der Waals surface area contributed by atoms with Gasteiger partial charge in [-0.15, -0.1) is 0 Å². The van der Waals surface area contributed by atoms with Crippen LogP contribution in [0.4, 0.5) is 0 Å². The molecule has 0 radical (unpaired) electrons. The van der Waals surface area contributed by atoms with E-state index in [2.05, 4.69) is 13.8 Å². The lowest BCUT2D eigenvalue weighted by atomic mass is 9.94. The van der Waals surface area contributed by atoms with Crippen molar-refractivity contribution >= 4 is 5.97 Å². The topological polar surface area (TPSA) is 37.3 Å². The number of carbonyl (C=O) groups is 1. The molecule has 0 aliphatic rings. The Morgan fingerprint density at radius 3 is 0.667 bits per heavy atom. The second-order valence-corrected chi connectivity index (χ2v) is 13.9. The predicted molar refractivity (Wildman–Crippen MR) is 189 cm³/mol. The van der Waals surface area contributed by atoms with E-state index in [1.807, 2.05) is 0 Å². The Balaban J connectivity index is 3.36. The average Bonchev–Trinajstić information content (AvgIpc) is 2.99. The molecule has 2 heteroatoms. The van der Waals surface area contributed by atoms with Crippen LogP contribution in [0, 0.1) is 5.92 Å². The van der Waals surface area contributed by atoms with Crippen molar-refractivity contribution in [3.05, 3.63) is 0 Å². The molecule has 0 fully saturated rings. The van der Waals surface area contributed by atoms with Crippen LogP contribution in [0.15, 0.2) is 0 Å². The van der Waals surface area contributed by atoms with E-state index >= 15 is 0 Å². The minimum absolute atomic E-state index is 0.0993. The van der Waals surface area contributed by atoms with Gasteiger partial charge in [0.1, 0.15) is 0 Å². The number of aliphatic carboxylic acids is 1. The Hall–Kier alpha value is -0.530. The van der Waals surface area contributed by atoms with Crippen molar-refractivity contribution in [1.29, 1.82) is 0 Å². The van der Waals surface area contributed by atoms with Gasteiger partial charge < -0.3 is 5.11 Å². The van der Waals surface area contributed by atoms with Gasteiger partial charge in [-0.2, -0.15) is 0 Å². The molecule has 2 nitrogen and oxygen atoms in total. The van der Waals surface area contributed by atoms with Crippen LogP contribution in [-0.4, -0.2) is 11.1 Å². The first kappa shape index (κ1) is 41.5. The highest BCUT2D eigenvalue weighted by Crippen LogP contribution is 2.21. The van der Waals surface area contributed by atoms with Crippen molar-refractivity contribution < 1.29 is 9.90 Å². The standard InChI is InChI=1S/C40H80O2/c1-3-5-7-9-11-13-15-17-19-21-22-24-26-28-30-32-34-36-38-39(40(41)42)37-35-33-31-29-27-25-23-20-18-16-14-12-10-8-6-4-2/h39H,3-38H2,1-2H3,(H,41,42). The van der Waals surface area contributed by atoms with Crippen molar-refractivity contribution in [2.75, 3.05) is 0 Å². The summed E-state index contributed by atoms with van der Waals surface area (Å²) in [5, 5.41) is 9.64. The first-order valence-electron chi connectivity index (χ1n) is 19.9. The third kappa shape index (κ3) is 34.0. The van der Waals surface area contributed by atoms with Crippen LogP contribution in [-0.2, 0) is 4.79 Å². The molecule has 0 aliphatic heterocycles. The van der Waals surface area contributed by atoms with Crippen molar-refractivity contribution in [3.8, 4) is 0 Å². The molecule has 1 unspecified atom stereocenters. The van der Waals surface area contributed by atoms with Crippen LogP contribution in [0.2, 0.25) is 0 Å². The zero-order valence-corrected chi connectivity index (χ0v) is 29.4. The highest BCUT2D eigenvalue weighted by molar-refractivity contribution is 5.69. The summed E-state index contributed by atoms with van der Waals surface area (Å²) in [6, 6.07) is 0. The predicted octanol–water partition coefficient (Wildman–Crippen LogP) is 14.8. The molecule has 42 heavy (non-hydrogen) atoms. The Bertz CT molecular complexity index is 502. The monoisotopic (exact) mass is 593 g/mol. The van der Waals surface area contributed by atoms with Crippen LogP contribution in [0.25, 0.3) is 0 Å². The Morgan fingerprint density at radius 1 is 0.333 bits per heavy atom. The lowest BCUT2D eigenvalue weighted by Crippen LogP contribution is -2.13. The number of carboxylic acid groups (broad SMARTS) is 1. The highest BCUT2D eigenvalue weighted by atomic mass is 16.4. The average molecular weight is 593 g/mol. The molecule has 252 valence electrons. The van der Waals surface area contributed by atoms with E-state index < -0.39 is 5.97 Å². The summed E-state index contributed by atoms with van der Waals surface area (Å²) in [5.74, 6) is -0.652. The second kappa shape index (κ2) is 36.7. The zero-order valence-electron chi connectivity index (χ0n) is 29.4. The molecule has 0 aromatic heterocycles. The molecule has 0 aliphatic carbocycles. The minimum Gasteiger partial charge on any atom is -0.481 e. The summed E-state index contributed by atoms with van der Waals surface area (Å²) in [6.07, 6.45) is 48.7. The fourth-order valence-electron chi connectivity index (χ4n) is 6.62. The number of unbranched alkanes of at least 4 members (excludes halogenated alkanes) is 32. The van der Waals surface area contributed by atoms with Gasteiger partial charge in [-0.05, 0) is 12.8 Å². The molecule has 0 heterocycles. The molecule has 0 aromatic rings. The fourth-order valence-corrected chi connectivity index (χ4v) is 6.62. The fraction of sp³-hybridized carbons (Fsp3) is 0.975. The largest absolute Gasteiger partial charge is 0.481 e. The first-order valence-corrected chi connectivity index (χ1v) is 19.9. The Morgan fingerprint density at radius 2 is 0.500 bits per heavy atom. The van der Waals surface area contributed by atoms with Gasteiger partial charge in [0.15, 0.2) is 0 Å². The maximum absolute atomic E-state index is 11.7. The molecule has 0 amide bonds. The zero-order chi connectivity index (χ0) is 30.6. The summed E-state index contributed by atoms with van der Waals surface area (Å²) >= 11 is 0. The summed E-state index contributed by atoms with van der Waals surface area (Å²) in [7, 11) is 0. The normalized spacial score (nSPS) is 12.2. The van der Waals surface area contributed by atoms with Gasteiger partial charge in [0.25, 0.3) is 0 Å². The quantitative estimate of drug-likeness (QED) is 0.0728. The van der Waals surface area contributed by atoms with Gasteiger partial charge in [-0.3, -0.25) is 4.79 Å². The van der Waals surface area contributed by atoms with Gasteiger partial charge in [0, 0.05) is 0 Å². The van der Waals surface area contributed by atoms with Gasteiger partial charge in [0.05, 0.1) is 5.92 Å². The molecule has 1 atom stereocenters. The number of rotatable bonds is 37. The van der Waals surface area contributed by atoms with Crippen molar-refractivity contribution in [2.24, 2.45) is 5.92 Å². The van der Waals surface area contributed by atoms with Crippen LogP contribution < -0.4 is 0 Å². The van der Waals surface area contributed by atoms with Gasteiger partial charge in [-0.1, -0.05) is 232 Å². The molecular weight excluding hydrogens is 512 g/mol. The molecular formula is C40H80O2. The third-order valence-corrected chi connectivity index (χ3v) is 9.66. The van der Waals surface area contributed by atoms with E-state index in [4.69, 9.17) is 0 Å². The van der Waals surface area contributed by atoms with Crippen molar-refractivity contribution in [3.63, 3.8) is 0 Å². The molecule has 0 bridgehead atoms. The van der Waals surface area contributed by atoms with E-state index in [1.54, 1.807) is 0 Å². The first-order chi connectivity index (χ1) is 20.7. The van der Waals surface area contributed by atoms with E-state index in [9.17, 15) is 9.90 Å². The van der Waals surface area contributed by atoms with Crippen molar-refractivity contribution in [1.82, 2.24) is 0 Å². The summed E-state index contributed by atoms with van der Waals surface area (Å²) in [5.41, 5.74) is 0. The summed E-state index contributed by atoms with van der Waals surface area (Å²) in [4.78, 5) is 11.7. The third-order valence-electron chi connectivity index (χ3n) is 9.66. The Kier molecular flexibility index (Phi) is 36.2. The van der Waals surface area contributed by atoms with Crippen LogP contribution >= 0.6 is 0 Å². The molecule has 0 rings (SSSR count). The summed E-state index contributed by atoms with van der Waals surface area (Å²) in [6.45, 7) is 4.58. The van der Waals surface area contributed by atoms with Crippen LogP contribution in [0.5, 0.6) is 0 Å². The maximum Gasteiger partial charge on any atom is 0.306 e. The molecule has 0 spiro atoms. The molecule has 1 N–H and O–H groups in total. The molecule has 0 saturated heterocycles. The van der Waals surface area contributed by atoms with Gasteiger partial charge >= 0.3 is 5.97 Å². The maximum atomic E-state index is 11.7.